The lowest BCUT2D eigenvalue weighted by Gasteiger charge is -2.29. The fraction of sp³-hybridized carbons (Fsp3) is 0.273. The van der Waals surface area contributed by atoms with Crippen molar-refractivity contribution in [3.8, 4) is 0 Å². The maximum absolute atomic E-state index is 13.2. The van der Waals surface area contributed by atoms with Gasteiger partial charge in [0.2, 0.25) is 0 Å². The summed E-state index contributed by atoms with van der Waals surface area (Å²) in [5.41, 5.74) is 6.49. The molecule has 3 fully saturated rings. The molecule has 1 unspecified atom stereocenters. The van der Waals surface area contributed by atoms with Crippen molar-refractivity contribution in [2.24, 2.45) is 21.1 Å². The molecule has 24 heteroatoms. The number of nitrogens with one attached hydrogen (secondary N) is 3. The molecule has 12 rings (SSSR count). The van der Waals surface area contributed by atoms with E-state index in [1.807, 2.05) is 54.6 Å². The molecule has 9 aromatic rings. The van der Waals surface area contributed by atoms with Gasteiger partial charge in [-0.25, -0.2) is 0 Å². The van der Waals surface area contributed by atoms with Crippen molar-refractivity contribution in [1.82, 2.24) is 29.7 Å². The highest BCUT2D eigenvalue weighted by Gasteiger charge is 2.42. The van der Waals surface area contributed by atoms with E-state index in [9.17, 15) is 28.8 Å². The number of rotatable bonds is 15. The highest BCUT2D eigenvalue weighted by atomic mass is 35.5. The molecule has 0 radical (unpaired) electrons. The summed E-state index contributed by atoms with van der Waals surface area (Å²) < 4.78 is 22.2. The number of aromatic nitrogens is 3. The number of hydrogen-bond acceptors (Lipinski definition) is 9. The standard InChI is InChI=1S/3C22H20Cl2N2O4/c3*1-26-17-7-6-16(23)20(24)15(17)11-18(26)21(29)25-22(8-9-30-12-22)14-4-2-13(3-5-14)10-19(27)28/h3*2-7,11H,8-10,12H2,1H3,(H,25,29)(H,27,28)/t2*22-;/m10./s1. The Kier molecular flexibility index (Phi) is 19.6. The number of carbonyl (C=O) groups excluding carboxylic acids is 3. The van der Waals surface area contributed by atoms with Crippen LogP contribution in [-0.2, 0) is 85.6 Å². The van der Waals surface area contributed by atoms with E-state index in [1.165, 1.54) is 0 Å². The van der Waals surface area contributed by atoms with E-state index in [0.717, 1.165) is 33.2 Å². The number of aliphatic carboxylic acids is 3. The van der Waals surface area contributed by atoms with Gasteiger partial charge in [-0.3, -0.25) is 28.8 Å². The number of amides is 3. The zero-order valence-corrected chi connectivity index (χ0v) is 53.3. The minimum absolute atomic E-state index is 0.0462. The van der Waals surface area contributed by atoms with Gasteiger partial charge < -0.3 is 59.2 Å². The Balaban J connectivity index is 0.000000148. The summed E-state index contributed by atoms with van der Waals surface area (Å²) in [6.45, 7) is 2.59. The first-order chi connectivity index (χ1) is 42.9. The van der Waals surface area contributed by atoms with Gasteiger partial charge in [0.25, 0.3) is 17.7 Å². The van der Waals surface area contributed by atoms with Crippen molar-refractivity contribution in [2.75, 3.05) is 39.6 Å². The lowest BCUT2D eigenvalue weighted by Crippen LogP contribution is -2.47. The average Bonchev–Trinajstić information content (AvgIpc) is 1.69. The van der Waals surface area contributed by atoms with Crippen LogP contribution in [0.1, 0.15) is 84.1 Å². The second-order valence-corrected chi connectivity index (χ2v) is 24.8. The van der Waals surface area contributed by atoms with E-state index < -0.39 is 34.5 Å². The monoisotopic (exact) mass is 1340 g/mol. The quantitative estimate of drug-likeness (QED) is 0.0562. The first-order valence-electron chi connectivity index (χ1n) is 28.4. The van der Waals surface area contributed by atoms with Gasteiger partial charge in [-0.1, -0.05) is 142 Å². The Morgan fingerprint density at radius 1 is 0.400 bits per heavy atom. The molecule has 18 nitrogen and oxygen atoms in total. The number of hydrogen-bond donors (Lipinski definition) is 6. The first kappa shape index (κ1) is 65.3. The third kappa shape index (κ3) is 13.5. The van der Waals surface area contributed by atoms with E-state index in [-0.39, 0.29) is 37.0 Å². The van der Waals surface area contributed by atoms with Gasteiger partial charge in [-0.2, -0.15) is 0 Å². The Morgan fingerprint density at radius 2 is 0.644 bits per heavy atom. The van der Waals surface area contributed by atoms with Gasteiger partial charge >= 0.3 is 17.9 Å². The number of benzene rings is 6. The van der Waals surface area contributed by atoms with Crippen LogP contribution in [0.25, 0.3) is 32.7 Å². The summed E-state index contributed by atoms with van der Waals surface area (Å²) in [6, 6.07) is 37.6. The van der Waals surface area contributed by atoms with Crippen LogP contribution >= 0.6 is 69.6 Å². The number of carboxylic acids is 3. The van der Waals surface area contributed by atoms with Crippen molar-refractivity contribution in [3.05, 3.63) is 208 Å². The molecule has 3 saturated heterocycles. The molecule has 3 aromatic heterocycles. The van der Waals surface area contributed by atoms with Crippen LogP contribution in [0.3, 0.4) is 0 Å². The zero-order valence-electron chi connectivity index (χ0n) is 48.7. The molecule has 3 atom stereocenters. The predicted molar refractivity (Wildman–Crippen MR) is 346 cm³/mol. The Bertz CT molecular complexity index is 3830. The maximum Gasteiger partial charge on any atom is 0.307 e. The molecule has 6 N–H and O–H groups in total. The number of fused-ring (bicyclic) bond motifs is 3. The smallest absolute Gasteiger partial charge is 0.307 e. The number of carboxylic acid groups (broad SMARTS) is 3. The minimum atomic E-state index is -0.885. The maximum atomic E-state index is 13.2. The molecule has 90 heavy (non-hydrogen) atoms. The normalized spacial score (nSPS) is 18.6. The third-order valence-corrected chi connectivity index (χ3v) is 19.2. The van der Waals surface area contributed by atoms with Crippen molar-refractivity contribution in [2.45, 2.75) is 55.1 Å². The van der Waals surface area contributed by atoms with Crippen molar-refractivity contribution in [3.63, 3.8) is 0 Å². The lowest BCUT2D eigenvalue weighted by atomic mass is 9.88. The molecule has 3 aliphatic rings. The topological polar surface area (TPSA) is 242 Å². The van der Waals surface area contributed by atoms with E-state index in [0.29, 0.717) is 139 Å². The summed E-state index contributed by atoms with van der Waals surface area (Å²) in [5, 5.41) is 41.0. The lowest BCUT2D eigenvalue weighted by molar-refractivity contribution is -0.137. The highest BCUT2D eigenvalue weighted by Crippen LogP contribution is 2.39. The second-order valence-electron chi connectivity index (χ2n) is 22.5. The van der Waals surface area contributed by atoms with Crippen LogP contribution in [0.4, 0.5) is 0 Å². The van der Waals surface area contributed by atoms with E-state index >= 15 is 0 Å². The average molecular weight is 1340 g/mol. The Morgan fingerprint density at radius 3 is 0.856 bits per heavy atom. The molecule has 3 amide bonds. The van der Waals surface area contributed by atoms with Crippen molar-refractivity contribution < 1.29 is 58.3 Å². The fourth-order valence-electron chi connectivity index (χ4n) is 11.8. The van der Waals surface area contributed by atoms with Crippen LogP contribution in [0.2, 0.25) is 30.1 Å². The van der Waals surface area contributed by atoms with E-state index in [4.69, 9.17) is 99.1 Å². The van der Waals surface area contributed by atoms with Gasteiger partial charge in [0, 0.05) is 92.9 Å². The summed E-state index contributed by atoms with van der Waals surface area (Å²) in [4.78, 5) is 72.5. The van der Waals surface area contributed by atoms with Gasteiger partial charge in [0.1, 0.15) is 17.1 Å². The Labute approximate surface area is 546 Å². The Hall–Kier alpha value is -7.62. The molecule has 6 aromatic carbocycles. The van der Waals surface area contributed by atoms with Gasteiger partial charge in [-0.05, 0) is 88.0 Å². The second kappa shape index (κ2) is 27.1. The van der Waals surface area contributed by atoms with Crippen LogP contribution in [0, 0.1) is 0 Å². The van der Waals surface area contributed by atoms with Crippen LogP contribution in [0.15, 0.2) is 127 Å². The highest BCUT2D eigenvalue weighted by molar-refractivity contribution is 6.46. The molecule has 468 valence electrons. The van der Waals surface area contributed by atoms with Crippen LogP contribution in [0.5, 0.6) is 0 Å². The first-order valence-corrected chi connectivity index (χ1v) is 30.6. The summed E-state index contributed by atoms with van der Waals surface area (Å²) >= 11 is 37.3. The zero-order chi connectivity index (χ0) is 64.4. The van der Waals surface area contributed by atoms with Crippen LogP contribution in [-0.4, -0.2) is 104 Å². The summed E-state index contributed by atoms with van der Waals surface area (Å²) in [5.74, 6) is -3.40. The van der Waals surface area contributed by atoms with Gasteiger partial charge in [0.15, 0.2) is 0 Å². The number of ether oxygens (including phenoxy) is 3. The van der Waals surface area contributed by atoms with Crippen LogP contribution < -0.4 is 16.0 Å². The van der Waals surface area contributed by atoms with Crippen molar-refractivity contribution in [1.29, 1.82) is 0 Å². The largest absolute Gasteiger partial charge is 0.481 e. The fourth-order valence-corrected chi connectivity index (χ4v) is 12.9. The van der Waals surface area contributed by atoms with Gasteiger partial charge in [-0.15, -0.1) is 0 Å². The number of carbonyl (C=O) groups is 6. The predicted octanol–water partition coefficient (Wildman–Crippen LogP) is 12.5. The van der Waals surface area contributed by atoms with Gasteiger partial charge in [0.05, 0.1) is 85.8 Å². The molecule has 6 heterocycles. The SMILES string of the molecule is Cn1c(C(=O)NC2(c3ccc(CC(=O)O)cc3)CCOC2)cc2c(Cl)c(Cl)ccc21.Cn1c(C(=O)N[C@@]2(c3ccc(CC(=O)O)cc3)CCOC2)cc2c(Cl)c(Cl)ccc21.Cn1c(C(=O)N[C@]2(c3ccc(CC(=O)O)cc3)CCOC2)cc2c(Cl)c(Cl)ccc21. The number of halogens is 6. The molecule has 0 aliphatic carbocycles. The number of aryl methyl sites for hydroxylation is 3. The molecule has 0 bridgehead atoms. The summed E-state index contributed by atoms with van der Waals surface area (Å²) in [7, 11) is 5.42. The number of nitrogens with zero attached hydrogens (tertiary/aromatic N) is 3. The third-order valence-electron chi connectivity index (χ3n) is 16.7. The molecule has 0 spiro atoms. The molecular formula is C66H60Cl6N6O12. The van der Waals surface area contributed by atoms with Crippen molar-refractivity contribution >= 4 is 138 Å². The van der Waals surface area contributed by atoms with E-state index in [2.05, 4.69) is 16.0 Å². The molecular weight excluding hydrogens is 1280 g/mol. The minimum Gasteiger partial charge on any atom is -0.481 e. The van der Waals surface area contributed by atoms with E-state index in [1.54, 1.807) is 108 Å². The summed E-state index contributed by atoms with van der Waals surface area (Å²) in [6.07, 6.45) is 1.72. The molecule has 0 saturated carbocycles. The molecule has 3 aliphatic heterocycles.